The van der Waals surface area contributed by atoms with Gasteiger partial charge in [0.25, 0.3) is 0 Å². The molecule has 0 spiro atoms. The molecule has 2 fully saturated rings. The van der Waals surface area contributed by atoms with Gasteiger partial charge in [-0.25, -0.2) is 8.78 Å². The number of nitrogens with zero attached hydrogens (tertiary/aromatic N) is 1. The van der Waals surface area contributed by atoms with E-state index in [9.17, 15) is 8.78 Å². The van der Waals surface area contributed by atoms with Gasteiger partial charge in [0, 0.05) is 11.5 Å². The van der Waals surface area contributed by atoms with Crippen LogP contribution in [0.25, 0.3) is 0 Å². The quantitative estimate of drug-likeness (QED) is 0.178. The Labute approximate surface area is 192 Å². The third-order valence-electron chi connectivity index (χ3n) is 7.39. The Kier molecular flexibility index (Phi) is 9.69. The number of halogens is 2. The molecule has 0 heterocycles. The van der Waals surface area contributed by atoms with Gasteiger partial charge < -0.3 is 0 Å². The zero-order valence-corrected chi connectivity index (χ0v) is 19.6. The Hall–Kier alpha value is -1.56. The smallest absolute Gasteiger partial charge is 0.153 e. The van der Waals surface area contributed by atoms with Crippen LogP contribution in [-0.4, -0.2) is 5.16 Å². The Morgan fingerprint density at radius 2 is 1.52 bits per heavy atom. The first kappa shape index (κ1) is 24.1. The first-order valence-electron chi connectivity index (χ1n) is 12.2. The van der Waals surface area contributed by atoms with Gasteiger partial charge in [-0.1, -0.05) is 63.7 Å². The average molecular weight is 444 g/mol. The van der Waals surface area contributed by atoms with Crippen LogP contribution in [0.15, 0.2) is 17.1 Å². The highest BCUT2D eigenvalue weighted by Gasteiger charge is 2.30. The predicted molar refractivity (Wildman–Crippen MR) is 128 cm³/mol. The van der Waals surface area contributed by atoms with Crippen molar-refractivity contribution in [3.05, 3.63) is 29.3 Å². The zero-order chi connectivity index (χ0) is 22.1. The summed E-state index contributed by atoms with van der Waals surface area (Å²) >= 11 is 4.43. The minimum atomic E-state index is -0.744. The third kappa shape index (κ3) is 7.23. The van der Waals surface area contributed by atoms with Crippen molar-refractivity contribution in [3.63, 3.8) is 0 Å². The molecule has 0 N–H and O–H groups in total. The van der Waals surface area contributed by atoms with E-state index in [1.165, 1.54) is 82.8 Å². The Morgan fingerprint density at radius 1 is 0.903 bits per heavy atom. The van der Waals surface area contributed by atoms with Gasteiger partial charge in [0.15, 0.2) is 11.6 Å². The average Bonchev–Trinajstić information content (AvgIpc) is 2.79. The molecular formula is C27H35F2NS. The number of benzene rings is 1. The normalized spacial score (nSPS) is 25.9. The molecule has 2 aliphatic rings. The van der Waals surface area contributed by atoms with Crippen molar-refractivity contribution in [2.75, 3.05) is 0 Å². The van der Waals surface area contributed by atoms with Gasteiger partial charge in [-0.05, 0) is 80.6 Å². The van der Waals surface area contributed by atoms with Crippen LogP contribution < -0.4 is 0 Å². The molecule has 0 bridgehead atoms. The van der Waals surface area contributed by atoms with Crippen LogP contribution in [0.1, 0.15) is 96.0 Å². The van der Waals surface area contributed by atoms with Crippen LogP contribution >= 0.6 is 12.2 Å². The fourth-order valence-corrected chi connectivity index (χ4v) is 5.61. The van der Waals surface area contributed by atoms with Crippen LogP contribution in [0.5, 0.6) is 0 Å². The maximum absolute atomic E-state index is 14.0. The van der Waals surface area contributed by atoms with E-state index in [-0.39, 0.29) is 0 Å². The predicted octanol–water partition coefficient (Wildman–Crippen LogP) is 8.63. The SMILES string of the molecule is CCCCCCC1CCC(C2CCC(C#Cc3cc(F)c(N=C=S)c(F)c3)CC2)CC1. The zero-order valence-electron chi connectivity index (χ0n) is 18.8. The van der Waals surface area contributed by atoms with E-state index < -0.39 is 17.3 Å². The lowest BCUT2D eigenvalue weighted by Gasteiger charge is -2.37. The van der Waals surface area contributed by atoms with Gasteiger partial charge in [-0.2, -0.15) is 4.99 Å². The lowest BCUT2D eigenvalue weighted by Crippen LogP contribution is -2.25. The van der Waals surface area contributed by atoms with E-state index >= 15 is 0 Å². The second kappa shape index (κ2) is 12.5. The summed E-state index contributed by atoms with van der Waals surface area (Å²) in [4.78, 5) is 3.44. The molecule has 0 atom stereocenters. The molecule has 3 rings (SSSR count). The molecule has 168 valence electrons. The van der Waals surface area contributed by atoms with Crippen molar-refractivity contribution < 1.29 is 8.78 Å². The first-order valence-corrected chi connectivity index (χ1v) is 12.6. The summed E-state index contributed by atoms with van der Waals surface area (Å²) in [5.74, 6) is 7.79. The topological polar surface area (TPSA) is 12.4 Å². The van der Waals surface area contributed by atoms with E-state index in [2.05, 4.69) is 36.0 Å². The molecule has 0 unspecified atom stereocenters. The highest BCUT2D eigenvalue weighted by atomic mass is 32.1. The molecule has 1 aromatic rings. The highest BCUT2D eigenvalue weighted by molar-refractivity contribution is 7.78. The van der Waals surface area contributed by atoms with Crippen LogP contribution in [-0.2, 0) is 0 Å². The monoisotopic (exact) mass is 443 g/mol. The van der Waals surface area contributed by atoms with Gasteiger partial charge >= 0.3 is 0 Å². The summed E-state index contributed by atoms with van der Waals surface area (Å²) in [7, 11) is 0. The molecule has 2 aliphatic carbocycles. The number of aliphatic imine (C=N–C) groups is 1. The molecule has 1 nitrogen and oxygen atoms in total. The van der Waals surface area contributed by atoms with Crippen LogP contribution in [0.3, 0.4) is 0 Å². The number of rotatable bonds is 7. The highest BCUT2D eigenvalue weighted by Crippen LogP contribution is 2.42. The maximum atomic E-state index is 14.0. The third-order valence-corrected chi connectivity index (χ3v) is 7.48. The molecule has 0 aromatic heterocycles. The fourth-order valence-electron chi connectivity index (χ4n) is 5.52. The number of hydrogen-bond acceptors (Lipinski definition) is 2. The Balaban J connectivity index is 1.43. The molecule has 0 aliphatic heterocycles. The number of isothiocyanates is 1. The number of unbranched alkanes of at least 4 members (excludes halogenated alkanes) is 3. The molecule has 0 saturated heterocycles. The van der Waals surface area contributed by atoms with Crippen LogP contribution in [0.2, 0.25) is 0 Å². The molecule has 1 aromatic carbocycles. The van der Waals surface area contributed by atoms with Crippen molar-refractivity contribution >= 4 is 23.1 Å². The van der Waals surface area contributed by atoms with E-state index in [1.54, 1.807) is 0 Å². The van der Waals surface area contributed by atoms with Crippen molar-refractivity contribution in [2.24, 2.45) is 28.7 Å². The van der Waals surface area contributed by atoms with E-state index in [0.717, 1.165) is 30.6 Å². The lowest BCUT2D eigenvalue weighted by molar-refractivity contribution is 0.153. The van der Waals surface area contributed by atoms with Gasteiger partial charge in [0.1, 0.15) is 5.69 Å². The minimum Gasteiger partial charge on any atom is -0.204 e. The fraction of sp³-hybridized carbons (Fsp3) is 0.667. The van der Waals surface area contributed by atoms with Crippen LogP contribution in [0.4, 0.5) is 14.5 Å². The second-order valence-electron chi connectivity index (χ2n) is 9.50. The molecule has 2 saturated carbocycles. The Morgan fingerprint density at radius 3 is 2.10 bits per heavy atom. The second-order valence-corrected chi connectivity index (χ2v) is 9.69. The van der Waals surface area contributed by atoms with Gasteiger partial charge in [0.05, 0.1) is 5.16 Å². The summed E-state index contributed by atoms with van der Waals surface area (Å²) in [5, 5.41) is 2.01. The molecular weight excluding hydrogens is 408 g/mol. The van der Waals surface area contributed by atoms with Gasteiger partial charge in [-0.3, -0.25) is 0 Å². The molecule has 0 amide bonds. The van der Waals surface area contributed by atoms with Gasteiger partial charge in [0.2, 0.25) is 0 Å². The largest absolute Gasteiger partial charge is 0.204 e. The summed E-state index contributed by atoms with van der Waals surface area (Å²) in [6.45, 7) is 2.28. The lowest BCUT2D eigenvalue weighted by atomic mass is 9.69. The maximum Gasteiger partial charge on any atom is 0.153 e. The molecule has 31 heavy (non-hydrogen) atoms. The van der Waals surface area contributed by atoms with E-state index in [4.69, 9.17) is 0 Å². The Bertz CT molecular complexity index is 794. The van der Waals surface area contributed by atoms with Crippen LogP contribution in [0, 0.1) is 47.1 Å². The summed E-state index contributed by atoms with van der Waals surface area (Å²) < 4.78 is 27.9. The summed E-state index contributed by atoms with van der Waals surface area (Å²) in [5.41, 5.74) is -0.0329. The van der Waals surface area contributed by atoms with Crippen molar-refractivity contribution in [1.82, 2.24) is 0 Å². The van der Waals surface area contributed by atoms with E-state index in [0.29, 0.717) is 11.5 Å². The van der Waals surface area contributed by atoms with Gasteiger partial charge in [-0.15, -0.1) is 0 Å². The van der Waals surface area contributed by atoms with Crippen molar-refractivity contribution in [1.29, 1.82) is 0 Å². The van der Waals surface area contributed by atoms with E-state index in [1.807, 2.05) is 5.16 Å². The van der Waals surface area contributed by atoms with Crippen molar-refractivity contribution in [2.45, 2.75) is 90.4 Å². The molecule has 4 heteroatoms. The van der Waals surface area contributed by atoms with Crippen molar-refractivity contribution in [3.8, 4) is 11.8 Å². The standard InChI is InChI=1S/C27H35F2NS/c1-2-3-4-5-6-20-9-13-23(14-10-20)24-15-11-21(12-16-24)7-8-22-17-25(28)27(30-19-31)26(29)18-22/h17-18,20-21,23-24H,2-6,9-16H2,1H3. The minimum absolute atomic E-state index is 0.330. The summed E-state index contributed by atoms with van der Waals surface area (Å²) in [6, 6.07) is 2.46. The molecule has 0 radical (unpaired) electrons. The number of thiocarbonyl (C=S) groups is 1. The summed E-state index contributed by atoms with van der Waals surface area (Å²) in [6.07, 6.45) is 17.4. The number of hydrogen-bond donors (Lipinski definition) is 0. The first-order chi connectivity index (χ1) is 15.1.